The second-order valence-electron chi connectivity index (χ2n) is 6.35. The molecule has 0 heterocycles. The van der Waals surface area contributed by atoms with E-state index < -0.39 is 0 Å². The molecule has 0 aromatic heterocycles. The first-order valence-electron chi connectivity index (χ1n) is 8.47. The Balaban J connectivity index is 1.89. The maximum absolute atomic E-state index is 9.25. The van der Waals surface area contributed by atoms with Gasteiger partial charge in [-0.25, -0.2) is 0 Å². The van der Waals surface area contributed by atoms with E-state index in [0.29, 0.717) is 6.04 Å². The molecule has 1 N–H and O–H groups in total. The van der Waals surface area contributed by atoms with Crippen LogP contribution in [-0.2, 0) is 4.74 Å². The molecule has 0 spiro atoms. The van der Waals surface area contributed by atoms with Crippen LogP contribution in [0.5, 0.6) is 0 Å². The van der Waals surface area contributed by atoms with Crippen molar-refractivity contribution in [3.8, 4) is 6.07 Å². The van der Waals surface area contributed by atoms with E-state index in [-0.39, 0.29) is 5.54 Å². The number of nitrogens with one attached hydrogen (secondary N) is 1. The van der Waals surface area contributed by atoms with Gasteiger partial charge in [-0.05, 0) is 39.0 Å². The third-order valence-corrected chi connectivity index (χ3v) is 3.95. The largest absolute Gasteiger partial charge is 0.381 e. The standard InChI is InChI=1S/C17H32N2O/c1-3-4-5-6-7-8-13-20-14-9-12-17(2,15-18)19-16-10-11-16/h16,19H,3-14H2,1-2H3. The molecular formula is C17H32N2O. The minimum Gasteiger partial charge on any atom is -0.381 e. The predicted molar refractivity (Wildman–Crippen MR) is 83.6 cm³/mol. The second kappa shape index (κ2) is 10.2. The van der Waals surface area contributed by atoms with E-state index >= 15 is 0 Å². The summed E-state index contributed by atoms with van der Waals surface area (Å²) in [5, 5.41) is 12.7. The lowest BCUT2D eigenvalue weighted by Gasteiger charge is -2.23. The molecule has 1 fully saturated rings. The molecule has 116 valence electrons. The van der Waals surface area contributed by atoms with E-state index in [9.17, 15) is 5.26 Å². The van der Waals surface area contributed by atoms with E-state index in [1.54, 1.807) is 0 Å². The third-order valence-electron chi connectivity index (χ3n) is 3.95. The monoisotopic (exact) mass is 280 g/mol. The lowest BCUT2D eigenvalue weighted by Crippen LogP contribution is -2.42. The van der Waals surface area contributed by atoms with Crippen LogP contribution in [-0.4, -0.2) is 24.8 Å². The highest BCUT2D eigenvalue weighted by atomic mass is 16.5. The lowest BCUT2D eigenvalue weighted by molar-refractivity contribution is 0.122. The molecule has 3 nitrogen and oxygen atoms in total. The Kier molecular flexibility index (Phi) is 8.89. The number of nitriles is 1. The van der Waals surface area contributed by atoms with Gasteiger partial charge in [-0.1, -0.05) is 39.0 Å². The average Bonchev–Trinajstić information content (AvgIpc) is 3.25. The molecule has 1 aliphatic rings. The normalized spacial score (nSPS) is 17.6. The van der Waals surface area contributed by atoms with Crippen LogP contribution in [0.1, 0.15) is 78.1 Å². The fourth-order valence-electron chi connectivity index (χ4n) is 2.45. The number of hydrogen-bond donors (Lipinski definition) is 1. The van der Waals surface area contributed by atoms with Gasteiger partial charge in [-0.15, -0.1) is 0 Å². The highest BCUT2D eigenvalue weighted by molar-refractivity contribution is 5.06. The third kappa shape index (κ3) is 8.55. The molecule has 0 aliphatic heterocycles. The summed E-state index contributed by atoms with van der Waals surface area (Å²) in [6.45, 7) is 5.93. The van der Waals surface area contributed by atoms with E-state index in [0.717, 1.165) is 26.1 Å². The van der Waals surface area contributed by atoms with Crippen LogP contribution in [0.15, 0.2) is 0 Å². The average molecular weight is 280 g/mol. The summed E-state index contributed by atoms with van der Waals surface area (Å²) >= 11 is 0. The minimum atomic E-state index is -0.356. The summed E-state index contributed by atoms with van der Waals surface area (Å²) in [5.74, 6) is 0. The SMILES string of the molecule is CCCCCCCCOCCCC(C)(C#N)NC1CC1. The van der Waals surface area contributed by atoms with Crippen molar-refractivity contribution in [1.29, 1.82) is 5.26 Å². The van der Waals surface area contributed by atoms with Crippen LogP contribution in [0, 0.1) is 11.3 Å². The minimum absolute atomic E-state index is 0.356. The van der Waals surface area contributed by atoms with Gasteiger partial charge in [-0.3, -0.25) is 5.32 Å². The number of unbranched alkanes of at least 4 members (excludes halogenated alkanes) is 5. The van der Waals surface area contributed by atoms with E-state index in [1.165, 1.54) is 51.4 Å². The van der Waals surface area contributed by atoms with Crippen LogP contribution >= 0.6 is 0 Å². The van der Waals surface area contributed by atoms with Crippen molar-refractivity contribution in [1.82, 2.24) is 5.32 Å². The zero-order valence-electron chi connectivity index (χ0n) is 13.4. The van der Waals surface area contributed by atoms with Crippen molar-refractivity contribution in [2.45, 2.75) is 89.6 Å². The van der Waals surface area contributed by atoms with Gasteiger partial charge in [0.1, 0.15) is 5.54 Å². The van der Waals surface area contributed by atoms with Crippen LogP contribution in [0.2, 0.25) is 0 Å². The molecule has 0 amide bonds. The Labute approximate surface area is 125 Å². The molecule has 0 aromatic rings. The van der Waals surface area contributed by atoms with Crippen LogP contribution in [0.4, 0.5) is 0 Å². The van der Waals surface area contributed by atoms with Gasteiger partial charge < -0.3 is 4.74 Å². The van der Waals surface area contributed by atoms with Crippen molar-refractivity contribution in [3.05, 3.63) is 0 Å². The van der Waals surface area contributed by atoms with E-state index in [4.69, 9.17) is 4.74 Å². The first kappa shape index (κ1) is 17.5. The van der Waals surface area contributed by atoms with Crippen molar-refractivity contribution in [2.24, 2.45) is 0 Å². The summed E-state index contributed by atoms with van der Waals surface area (Å²) in [4.78, 5) is 0. The highest BCUT2D eigenvalue weighted by Crippen LogP contribution is 2.24. The van der Waals surface area contributed by atoms with Crippen LogP contribution in [0.25, 0.3) is 0 Å². The Morgan fingerprint density at radius 2 is 1.75 bits per heavy atom. The van der Waals surface area contributed by atoms with Crippen molar-refractivity contribution in [2.75, 3.05) is 13.2 Å². The molecule has 1 saturated carbocycles. The maximum Gasteiger partial charge on any atom is 0.104 e. The van der Waals surface area contributed by atoms with Gasteiger partial charge in [0, 0.05) is 19.3 Å². The zero-order chi connectivity index (χ0) is 14.7. The molecule has 0 bridgehead atoms. The van der Waals surface area contributed by atoms with E-state index in [2.05, 4.69) is 18.3 Å². The molecule has 0 radical (unpaired) electrons. The molecule has 1 unspecified atom stereocenters. The molecule has 0 saturated heterocycles. The fraction of sp³-hybridized carbons (Fsp3) is 0.941. The molecule has 1 atom stereocenters. The topological polar surface area (TPSA) is 45.0 Å². The van der Waals surface area contributed by atoms with Gasteiger partial charge in [-0.2, -0.15) is 5.26 Å². The van der Waals surface area contributed by atoms with Crippen LogP contribution in [0.3, 0.4) is 0 Å². The Morgan fingerprint density at radius 1 is 1.10 bits per heavy atom. The summed E-state index contributed by atoms with van der Waals surface area (Å²) in [5.41, 5.74) is -0.356. The zero-order valence-corrected chi connectivity index (χ0v) is 13.4. The Morgan fingerprint density at radius 3 is 2.40 bits per heavy atom. The molecule has 1 rings (SSSR count). The van der Waals surface area contributed by atoms with Gasteiger partial charge in [0.15, 0.2) is 0 Å². The number of nitrogens with zero attached hydrogens (tertiary/aromatic N) is 1. The molecule has 3 heteroatoms. The predicted octanol–water partition coefficient (Wildman–Crippen LogP) is 4.18. The molecule has 1 aliphatic carbocycles. The molecular weight excluding hydrogens is 248 g/mol. The fourth-order valence-corrected chi connectivity index (χ4v) is 2.45. The van der Waals surface area contributed by atoms with Gasteiger partial charge in [0.2, 0.25) is 0 Å². The highest BCUT2D eigenvalue weighted by Gasteiger charge is 2.31. The van der Waals surface area contributed by atoms with Gasteiger partial charge in [0.05, 0.1) is 6.07 Å². The van der Waals surface area contributed by atoms with Crippen molar-refractivity contribution >= 4 is 0 Å². The van der Waals surface area contributed by atoms with Crippen molar-refractivity contribution in [3.63, 3.8) is 0 Å². The molecule has 0 aromatic carbocycles. The lowest BCUT2D eigenvalue weighted by atomic mass is 9.98. The maximum atomic E-state index is 9.25. The quantitative estimate of drug-likeness (QED) is 0.515. The van der Waals surface area contributed by atoms with E-state index in [1.807, 2.05) is 6.92 Å². The van der Waals surface area contributed by atoms with Gasteiger partial charge in [0.25, 0.3) is 0 Å². The molecule has 20 heavy (non-hydrogen) atoms. The number of ether oxygens (including phenoxy) is 1. The smallest absolute Gasteiger partial charge is 0.104 e. The summed E-state index contributed by atoms with van der Waals surface area (Å²) in [6, 6.07) is 3.00. The van der Waals surface area contributed by atoms with Gasteiger partial charge >= 0.3 is 0 Å². The number of rotatable bonds is 13. The summed E-state index contributed by atoms with van der Waals surface area (Å²) < 4.78 is 5.66. The first-order chi connectivity index (χ1) is 9.70. The summed E-state index contributed by atoms with van der Waals surface area (Å²) in [6.07, 6.45) is 12.2. The Hall–Kier alpha value is -0.590. The summed E-state index contributed by atoms with van der Waals surface area (Å²) in [7, 11) is 0. The van der Waals surface area contributed by atoms with Crippen molar-refractivity contribution < 1.29 is 4.74 Å². The first-order valence-corrected chi connectivity index (χ1v) is 8.47. The second-order valence-corrected chi connectivity index (χ2v) is 6.35. The van der Waals surface area contributed by atoms with Crippen LogP contribution < -0.4 is 5.32 Å². The Bertz CT molecular complexity index is 283. The number of hydrogen-bond acceptors (Lipinski definition) is 3.